The second kappa shape index (κ2) is 6.80. The highest BCUT2D eigenvalue weighted by Gasteiger charge is 2.06. The van der Waals surface area contributed by atoms with Crippen molar-refractivity contribution >= 4 is 52.7 Å². The van der Waals surface area contributed by atoms with E-state index in [1.54, 1.807) is 24.3 Å². The predicted molar refractivity (Wildman–Crippen MR) is 86.1 cm³/mol. The molecule has 2 aromatic carbocycles. The Morgan fingerprint density at radius 1 is 1.10 bits per heavy atom. The topological polar surface area (TPSA) is 61.7 Å². The Labute approximate surface area is 135 Å². The van der Waals surface area contributed by atoms with E-state index in [9.17, 15) is 4.79 Å². The summed E-state index contributed by atoms with van der Waals surface area (Å²) in [5, 5.41) is 13.9. The zero-order valence-corrected chi connectivity index (χ0v) is 12.7. The van der Waals surface area contributed by atoms with Gasteiger partial charge in [-0.25, -0.2) is 4.79 Å². The van der Waals surface area contributed by atoms with Gasteiger partial charge >= 0.3 is 5.97 Å². The van der Waals surface area contributed by atoms with Crippen LogP contribution in [-0.2, 0) is 0 Å². The predicted octanol–water partition coefficient (Wildman–Crippen LogP) is 4.79. The van der Waals surface area contributed by atoms with Crippen LogP contribution in [0.1, 0.15) is 15.9 Å². The van der Waals surface area contributed by atoms with Gasteiger partial charge < -0.3 is 5.11 Å². The van der Waals surface area contributed by atoms with Crippen LogP contribution in [0.3, 0.4) is 0 Å². The second-order valence-corrected chi connectivity index (χ2v) is 5.29. The van der Waals surface area contributed by atoms with Crippen LogP contribution >= 0.6 is 34.8 Å². The number of halogens is 3. The van der Waals surface area contributed by atoms with Gasteiger partial charge in [-0.05, 0) is 29.8 Å². The molecule has 4 nitrogen and oxygen atoms in total. The molecule has 108 valence electrons. The molecule has 2 aromatic rings. The largest absolute Gasteiger partial charge is 0.478 e. The molecule has 0 aliphatic heterocycles. The highest BCUT2D eigenvalue weighted by molar-refractivity contribution is 6.41. The lowest BCUT2D eigenvalue weighted by atomic mass is 10.1. The zero-order chi connectivity index (χ0) is 15.4. The normalized spacial score (nSPS) is 10.8. The molecule has 0 aromatic heterocycles. The van der Waals surface area contributed by atoms with Crippen LogP contribution in [0.5, 0.6) is 0 Å². The molecule has 0 heterocycles. The van der Waals surface area contributed by atoms with Crippen molar-refractivity contribution in [1.82, 2.24) is 0 Å². The Kier molecular flexibility index (Phi) is 5.07. The highest BCUT2D eigenvalue weighted by atomic mass is 35.5. The lowest BCUT2D eigenvalue weighted by Gasteiger charge is -2.06. The first kappa shape index (κ1) is 15.6. The van der Waals surface area contributed by atoms with Crippen LogP contribution < -0.4 is 5.43 Å². The minimum absolute atomic E-state index is 0.212. The number of rotatable bonds is 4. The van der Waals surface area contributed by atoms with Crippen LogP contribution in [0.4, 0.5) is 5.69 Å². The minimum Gasteiger partial charge on any atom is -0.478 e. The number of carboxylic acid groups (broad SMARTS) is 1. The molecule has 21 heavy (non-hydrogen) atoms. The number of nitrogens with one attached hydrogen (secondary N) is 1. The Morgan fingerprint density at radius 2 is 1.67 bits per heavy atom. The van der Waals surface area contributed by atoms with Crippen LogP contribution in [0.15, 0.2) is 41.5 Å². The van der Waals surface area contributed by atoms with Crippen LogP contribution in [-0.4, -0.2) is 17.3 Å². The third-order valence-electron chi connectivity index (χ3n) is 2.55. The average molecular weight is 344 g/mol. The molecule has 0 aliphatic rings. The molecule has 0 unspecified atom stereocenters. The zero-order valence-electron chi connectivity index (χ0n) is 10.5. The van der Waals surface area contributed by atoms with Gasteiger partial charge in [-0.1, -0.05) is 46.9 Å². The molecular weight excluding hydrogens is 335 g/mol. The Hall–Kier alpha value is -1.75. The number of hydrogen-bond donors (Lipinski definition) is 2. The van der Waals surface area contributed by atoms with Crippen LogP contribution in [0.25, 0.3) is 0 Å². The number of carboxylic acids is 1. The minimum atomic E-state index is -0.976. The Bertz CT molecular complexity index is 677. The van der Waals surface area contributed by atoms with E-state index in [0.29, 0.717) is 20.8 Å². The number of anilines is 1. The average Bonchev–Trinajstić information content (AvgIpc) is 2.42. The van der Waals surface area contributed by atoms with E-state index in [1.807, 2.05) is 0 Å². The lowest BCUT2D eigenvalue weighted by Crippen LogP contribution is -1.96. The van der Waals surface area contributed by atoms with E-state index in [2.05, 4.69) is 10.5 Å². The van der Waals surface area contributed by atoms with E-state index in [1.165, 1.54) is 18.3 Å². The summed E-state index contributed by atoms with van der Waals surface area (Å²) in [6, 6.07) is 9.36. The van der Waals surface area contributed by atoms with Crippen LogP contribution in [0, 0.1) is 0 Å². The van der Waals surface area contributed by atoms with Gasteiger partial charge in [0.05, 0.1) is 27.5 Å². The van der Waals surface area contributed by atoms with Gasteiger partial charge in [0, 0.05) is 5.02 Å². The van der Waals surface area contributed by atoms with Gasteiger partial charge in [0.15, 0.2) is 0 Å². The van der Waals surface area contributed by atoms with Crippen molar-refractivity contribution in [3.8, 4) is 0 Å². The molecule has 7 heteroatoms. The number of aromatic carboxylic acids is 1. The van der Waals surface area contributed by atoms with Crippen molar-refractivity contribution in [2.75, 3.05) is 5.43 Å². The van der Waals surface area contributed by atoms with Crippen molar-refractivity contribution in [1.29, 1.82) is 0 Å². The molecule has 0 fully saturated rings. The van der Waals surface area contributed by atoms with Gasteiger partial charge in [-0.3, -0.25) is 5.43 Å². The fourth-order valence-corrected chi connectivity index (χ4v) is 2.43. The molecule has 2 N–H and O–H groups in total. The van der Waals surface area contributed by atoms with Crippen molar-refractivity contribution in [3.05, 3.63) is 62.6 Å². The first-order valence-electron chi connectivity index (χ1n) is 5.74. The number of hydrogen-bond acceptors (Lipinski definition) is 3. The number of benzene rings is 2. The summed E-state index contributed by atoms with van der Waals surface area (Å²) < 4.78 is 0. The van der Waals surface area contributed by atoms with E-state index in [4.69, 9.17) is 39.9 Å². The third kappa shape index (κ3) is 4.11. The Morgan fingerprint density at radius 3 is 2.19 bits per heavy atom. The van der Waals surface area contributed by atoms with Gasteiger partial charge in [-0.15, -0.1) is 0 Å². The van der Waals surface area contributed by atoms with Gasteiger partial charge in [0.25, 0.3) is 0 Å². The maximum absolute atomic E-state index is 10.7. The fraction of sp³-hybridized carbons (Fsp3) is 0. The molecule has 0 saturated carbocycles. The van der Waals surface area contributed by atoms with Crippen LogP contribution in [0.2, 0.25) is 15.1 Å². The molecule has 0 bridgehead atoms. The first-order chi connectivity index (χ1) is 9.97. The number of carbonyl (C=O) groups is 1. The summed E-state index contributed by atoms with van der Waals surface area (Å²) in [4.78, 5) is 10.7. The summed E-state index contributed by atoms with van der Waals surface area (Å²) in [5.41, 5.74) is 4.11. The van der Waals surface area contributed by atoms with Gasteiger partial charge in [0.2, 0.25) is 0 Å². The number of hydrazone groups is 1. The monoisotopic (exact) mass is 342 g/mol. The molecular formula is C14H9Cl3N2O2. The molecule has 0 aliphatic carbocycles. The standard InChI is InChI=1S/C14H9Cl3N2O2/c15-10-5-11(16)13(12(17)6-10)19-18-7-8-1-3-9(4-2-8)14(20)21/h1-7,19H,(H,20,21)/b18-7+. The Balaban J connectivity index is 2.11. The molecule has 0 amide bonds. The second-order valence-electron chi connectivity index (χ2n) is 4.04. The van der Waals surface area contributed by atoms with Gasteiger partial charge in [-0.2, -0.15) is 5.10 Å². The van der Waals surface area contributed by atoms with Crippen molar-refractivity contribution < 1.29 is 9.90 Å². The fourth-order valence-electron chi connectivity index (χ4n) is 1.53. The van der Waals surface area contributed by atoms with Crippen molar-refractivity contribution in [2.45, 2.75) is 0 Å². The van der Waals surface area contributed by atoms with Crippen molar-refractivity contribution in [3.63, 3.8) is 0 Å². The maximum atomic E-state index is 10.7. The SMILES string of the molecule is O=C(O)c1ccc(/C=N/Nc2c(Cl)cc(Cl)cc2Cl)cc1. The first-order valence-corrected chi connectivity index (χ1v) is 6.88. The summed E-state index contributed by atoms with van der Waals surface area (Å²) in [5.74, 6) is -0.976. The summed E-state index contributed by atoms with van der Waals surface area (Å²) >= 11 is 17.8. The summed E-state index contributed by atoms with van der Waals surface area (Å²) in [6.07, 6.45) is 1.52. The molecule has 0 saturated heterocycles. The van der Waals surface area contributed by atoms with E-state index >= 15 is 0 Å². The summed E-state index contributed by atoms with van der Waals surface area (Å²) in [6.45, 7) is 0. The quantitative estimate of drug-likeness (QED) is 0.619. The highest BCUT2D eigenvalue weighted by Crippen LogP contribution is 2.33. The third-order valence-corrected chi connectivity index (χ3v) is 3.37. The molecule has 2 rings (SSSR count). The molecule has 0 radical (unpaired) electrons. The molecule has 0 spiro atoms. The van der Waals surface area contributed by atoms with E-state index in [-0.39, 0.29) is 5.56 Å². The van der Waals surface area contributed by atoms with E-state index < -0.39 is 5.97 Å². The van der Waals surface area contributed by atoms with Gasteiger partial charge in [0.1, 0.15) is 0 Å². The smallest absolute Gasteiger partial charge is 0.335 e. The molecule has 0 atom stereocenters. The van der Waals surface area contributed by atoms with E-state index in [0.717, 1.165) is 5.56 Å². The van der Waals surface area contributed by atoms with Crippen molar-refractivity contribution in [2.24, 2.45) is 5.10 Å². The summed E-state index contributed by atoms with van der Waals surface area (Å²) in [7, 11) is 0. The number of nitrogens with zero attached hydrogens (tertiary/aromatic N) is 1. The maximum Gasteiger partial charge on any atom is 0.335 e. The lowest BCUT2D eigenvalue weighted by molar-refractivity contribution is 0.0697.